The van der Waals surface area contributed by atoms with Gasteiger partial charge < -0.3 is 10.2 Å². The average molecular weight is 336 g/mol. The molecule has 2 fully saturated rings. The zero-order chi connectivity index (χ0) is 16.0. The molecule has 0 unspecified atom stereocenters. The number of nitrogens with zero attached hydrogens (tertiary/aromatic N) is 3. The van der Waals surface area contributed by atoms with Gasteiger partial charge >= 0.3 is 0 Å². The van der Waals surface area contributed by atoms with E-state index in [1.54, 1.807) is 0 Å². The predicted octanol–water partition coefficient (Wildman–Crippen LogP) is 0.499. The van der Waals surface area contributed by atoms with E-state index in [0.29, 0.717) is 36.1 Å². The number of fused-ring (bicyclic) bond motifs is 1. The van der Waals surface area contributed by atoms with Gasteiger partial charge in [-0.2, -0.15) is 0 Å². The highest BCUT2D eigenvalue weighted by atomic mass is 32.2. The standard InChI is InChI=1S/C15H20N4O3S/c20-13-7-19(6-5-16-13)15-11-8-23(21,22)9-12(11)17-14(18-15)10-3-1-2-4-10/h10H,1-9H2,(H,16,20). The van der Waals surface area contributed by atoms with Gasteiger partial charge in [-0.15, -0.1) is 0 Å². The summed E-state index contributed by atoms with van der Waals surface area (Å²) in [5.74, 6) is 1.68. The molecule has 1 amide bonds. The predicted molar refractivity (Wildman–Crippen MR) is 84.8 cm³/mol. The van der Waals surface area contributed by atoms with Crippen LogP contribution in [-0.4, -0.2) is 43.9 Å². The summed E-state index contributed by atoms with van der Waals surface area (Å²) in [6, 6.07) is 0. The third-order valence-electron chi connectivity index (χ3n) is 4.87. The summed E-state index contributed by atoms with van der Waals surface area (Å²) in [7, 11) is -3.15. The molecule has 4 rings (SSSR count). The Bertz CT molecular complexity index is 756. The van der Waals surface area contributed by atoms with E-state index in [4.69, 9.17) is 4.98 Å². The second kappa shape index (κ2) is 5.43. The van der Waals surface area contributed by atoms with E-state index in [1.807, 2.05) is 4.90 Å². The smallest absolute Gasteiger partial charge is 0.239 e. The third-order valence-corrected chi connectivity index (χ3v) is 6.31. The number of carbonyl (C=O) groups is 1. The molecular formula is C15H20N4O3S. The van der Waals surface area contributed by atoms with Gasteiger partial charge in [0.15, 0.2) is 9.84 Å². The SMILES string of the molecule is O=C1CN(c2nc(C3CCCC3)nc3c2CS(=O)(=O)C3)CCN1. The summed E-state index contributed by atoms with van der Waals surface area (Å²) in [5.41, 5.74) is 1.34. The molecule has 1 saturated carbocycles. The van der Waals surface area contributed by atoms with Crippen molar-refractivity contribution in [3.8, 4) is 0 Å². The molecule has 1 N–H and O–H groups in total. The molecule has 7 nitrogen and oxygen atoms in total. The lowest BCUT2D eigenvalue weighted by Gasteiger charge is -2.29. The number of hydrogen-bond donors (Lipinski definition) is 1. The number of anilines is 1. The Morgan fingerprint density at radius 2 is 1.91 bits per heavy atom. The lowest BCUT2D eigenvalue weighted by molar-refractivity contribution is -0.120. The molecule has 0 aromatic carbocycles. The van der Waals surface area contributed by atoms with E-state index >= 15 is 0 Å². The fourth-order valence-electron chi connectivity index (χ4n) is 3.73. The van der Waals surface area contributed by atoms with Gasteiger partial charge in [-0.05, 0) is 12.8 Å². The summed E-state index contributed by atoms with van der Waals surface area (Å²) >= 11 is 0. The zero-order valence-electron chi connectivity index (χ0n) is 12.9. The fraction of sp³-hybridized carbons (Fsp3) is 0.667. The molecule has 124 valence electrons. The van der Waals surface area contributed by atoms with Crippen LogP contribution >= 0.6 is 0 Å². The fourth-order valence-corrected chi connectivity index (χ4v) is 5.22. The third kappa shape index (κ3) is 2.80. The summed E-state index contributed by atoms with van der Waals surface area (Å²) in [5, 5.41) is 2.79. The van der Waals surface area contributed by atoms with Crippen LogP contribution in [0.2, 0.25) is 0 Å². The molecule has 2 aliphatic heterocycles. The van der Waals surface area contributed by atoms with E-state index in [-0.39, 0.29) is 24.0 Å². The molecule has 1 aromatic heterocycles. The monoisotopic (exact) mass is 336 g/mol. The molecule has 1 saturated heterocycles. The van der Waals surface area contributed by atoms with Crippen molar-refractivity contribution in [2.24, 2.45) is 0 Å². The Morgan fingerprint density at radius 3 is 2.65 bits per heavy atom. The van der Waals surface area contributed by atoms with Crippen LogP contribution in [0, 0.1) is 0 Å². The minimum absolute atomic E-state index is 0.00237. The van der Waals surface area contributed by atoms with Gasteiger partial charge in [0, 0.05) is 24.6 Å². The van der Waals surface area contributed by atoms with E-state index in [1.165, 1.54) is 12.8 Å². The van der Waals surface area contributed by atoms with Crippen LogP contribution in [0.25, 0.3) is 0 Å². The van der Waals surface area contributed by atoms with Crippen molar-refractivity contribution in [2.75, 3.05) is 24.5 Å². The maximum atomic E-state index is 12.1. The minimum Gasteiger partial charge on any atom is -0.353 e. The van der Waals surface area contributed by atoms with Crippen molar-refractivity contribution in [2.45, 2.75) is 43.1 Å². The minimum atomic E-state index is -3.15. The Balaban J connectivity index is 1.78. The van der Waals surface area contributed by atoms with Crippen LogP contribution in [0.5, 0.6) is 0 Å². The molecule has 1 aromatic rings. The van der Waals surface area contributed by atoms with Gasteiger partial charge in [0.05, 0.1) is 23.7 Å². The van der Waals surface area contributed by atoms with Crippen molar-refractivity contribution in [1.29, 1.82) is 0 Å². The number of amides is 1. The van der Waals surface area contributed by atoms with Crippen LogP contribution in [0.4, 0.5) is 5.82 Å². The van der Waals surface area contributed by atoms with Crippen LogP contribution in [0.3, 0.4) is 0 Å². The number of hydrogen-bond acceptors (Lipinski definition) is 6. The van der Waals surface area contributed by atoms with Crippen LogP contribution in [0.1, 0.15) is 48.7 Å². The first-order valence-electron chi connectivity index (χ1n) is 8.13. The summed E-state index contributed by atoms with van der Waals surface area (Å²) in [6.45, 7) is 1.44. The summed E-state index contributed by atoms with van der Waals surface area (Å²) in [4.78, 5) is 22.9. The van der Waals surface area contributed by atoms with Crippen LogP contribution < -0.4 is 10.2 Å². The molecule has 0 bridgehead atoms. The molecular weight excluding hydrogens is 316 g/mol. The largest absolute Gasteiger partial charge is 0.353 e. The van der Waals surface area contributed by atoms with Gasteiger partial charge in [-0.3, -0.25) is 4.79 Å². The second-order valence-electron chi connectivity index (χ2n) is 6.62. The lowest BCUT2D eigenvalue weighted by Crippen LogP contribution is -2.48. The molecule has 23 heavy (non-hydrogen) atoms. The van der Waals surface area contributed by atoms with Crippen molar-refractivity contribution in [1.82, 2.24) is 15.3 Å². The van der Waals surface area contributed by atoms with E-state index < -0.39 is 9.84 Å². The number of sulfone groups is 1. The molecule has 8 heteroatoms. The number of piperazine rings is 1. The van der Waals surface area contributed by atoms with Crippen molar-refractivity contribution in [3.63, 3.8) is 0 Å². The van der Waals surface area contributed by atoms with Crippen molar-refractivity contribution in [3.05, 3.63) is 17.1 Å². The van der Waals surface area contributed by atoms with Gasteiger partial charge in [-0.1, -0.05) is 12.8 Å². The normalized spacial score (nSPS) is 23.8. The molecule has 0 atom stereocenters. The Kier molecular flexibility index (Phi) is 3.51. The number of aromatic nitrogens is 2. The van der Waals surface area contributed by atoms with Crippen molar-refractivity contribution < 1.29 is 13.2 Å². The summed E-state index contributed by atoms with van der Waals surface area (Å²) in [6.07, 6.45) is 4.46. The Hall–Kier alpha value is -1.70. The topological polar surface area (TPSA) is 92.3 Å². The highest BCUT2D eigenvalue weighted by molar-refractivity contribution is 7.90. The number of rotatable bonds is 2. The Labute approximate surface area is 135 Å². The average Bonchev–Trinajstić information content (AvgIpc) is 3.11. The Morgan fingerprint density at radius 1 is 1.13 bits per heavy atom. The van der Waals surface area contributed by atoms with E-state index in [9.17, 15) is 13.2 Å². The van der Waals surface area contributed by atoms with E-state index in [0.717, 1.165) is 18.7 Å². The van der Waals surface area contributed by atoms with Crippen molar-refractivity contribution >= 4 is 21.6 Å². The quantitative estimate of drug-likeness (QED) is 0.845. The van der Waals surface area contributed by atoms with Gasteiger partial charge in [0.25, 0.3) is 0 Å². The zero-order valence-corrected chi connectivity index (χ0v) is 13.7. The first kappa shape index (κ1) is 14.9. The molecule has 3 heterocycles. The maximum Gasteiger partial charge on any atom is 0.239 e. The van der Waals surface area contributed by atoms with Gasteiger partial charge in [-0.25, -0.2) is 18.4 Å². The van der Waals surface area contributed by atoms with Gasteiger partial charge in [0.1, 0.15) is 11.6 Å². The number of nitrogens with one attached hydrogen (secondary N) is 1. The summed E-state index contributed by atoms with van der Waals surface area (Å²) < 4.78 is 24.1. The molecule has 1 aliphatic carbocycles. The molecule has 3 aliphatic rings. The first-order chi connectivity index (χ1) is 11.0. The molecule has 0 radical (unpaired) electrons. The maximum absolute atomic E-state index is 12.1. The highest BCUT2D eigenvalue weighted by Gasteiger charge is 2.34. The molecule has 0 spiro atoms. The van der Waals surface area contributed by atoms with Crippen LogP contribution in [0.15, 0.2) is 0 Å². The first-order valence-corrected chi connectivity index (χ1v) is 9.96. The van der Waals surface area contributed by atoms with Crippen LogP contribution in [-0.2, 0) is 26.1 Å². The van der Waals surface area contributed by atoms with E-state index in [2.05, 4.69) is 10.3 Å². The second-order valence-corrected chi connectivity index (χ2v) is 8.68. The van der Waals surface area contributed by atoms with Gasteiger partial charge in [0.2, 0.25) is 5.91 Å². The number of carbonyl (C=O) groups excluding carboxylic acids is 1. The highest BCUT2D eigenvalue weighted by Crippen LogP contribution is 2.37. The lowest BCUT2D eigenvalue weighted by atomic mass is 10.1.